The smallest absolute Gasteiger partial charge is 0.243 e. The van der Waals surface area contributed by atoms with Crippen LogP contribution in [0.4, 0.5) is 5.82 Å². The molecule has 96 valence electrons. The lowest BCUT2D eigenvalue weighted by atomic mass is 9.87. The van der Waals surface area contributed by atoms with E-state index in [0.717, 1.165) is 18.5 Å². The second-order valence-corrected chi connectivity index (χ2v) is 5.36. The van der Waals surface area contributed by atoms with E-state index in [1.807, 2.05) is 26.8 Å². The van der Waals surface area contributed by atoms with Crippen LogP contribution >= 0.6 is 0 Å². The molecule has 0 aliphatic carbocycles. The Morgan fingerprint density at radius 3 is 2.76 bits per heavy atom. The van der Waals surface area contributed by atoms with Gasteiger partial charge in [-0.2, -0.15) is 5.10 Å². The van der Waals surface area contributed by atoms with Crippen LogP contribution in [0.1, 0.15) is 39.8 Å². The minimum absolute atomic E-state index is 0.202. The second-order valence-electron chi connectivity index (χ2n) is 5.36. The summed E-state index contributed by atoms with van der Waals surface area (Å²) in [4.78, 5) is 11.8. The summed E-state index contributed by atoms with van der Waals surface area (Å²) in [6.07, 6.45) is 1.96. The number of aryl methyl sites for hydroxylation is 1. The molecule has 0 bridgehead atoms. The third-order valence-corrected chi connectivity index (χ3v) is 2.62. The summed E-state index contributed by atoms with van der Waals surface area (Å²) < 4.78 is 0. The molecule has 1 aromatic rings. The zero-order chi connectivity index (χ0) is 13.1. The van der Waals surface area contributed by atoms with E-state index in [0.29, 0.717) is 5.82 Å². The SMILES string of the molecule is CCCc1cc(NC(=O)[C@H](N)C(C)(C)C)n[nH]1. The van der Waals surface area contributed by atoms with Gasteiger partial charge in [-0.25, -0.2) is 0 Å². The van der Waals surface area contributed by atoms with Gasteiger partial charge in [0.05, 0.1) is 6.04 Å². The van der Waals surface area contributed by atoms with Crippen LogP contribution in [0.15, 0.2) is 6.07 Å². The van der Waals surface area contributed by atoms with Crippen LogP contribution in [0.25, 0.3) is 0 Å². The van der Waals surface area contributed by atoms with Crippen molar-refractivity contribution in [1.29, 1.82) is 0 Å². The third kappa shape index (κ3) is 3.85. The number of nitrogens with zero attached hydrogens (tertiary/aromatic N) is 1. The molecule has 0 fully saturated rings. The van der Waals surface area contributed by atoms with Crippen LogP contribution in [0.2, 0.25) is 0 Å². The molecule has 5 nitrogen and oxygen atoms in total. The lowest BCUT2D eigenvalue weighted by molar-refractivity contribution is -0.119. The summed E-state index contributed by atoms with van der Waals surface area (Å²) in [5.74, 6) is 0.338. The first-order valence-corrected chi connectivity index (χ1v) is 5.95. The molecule has 0 aliphatic heterocycles. The molecule has 1 aromatic heterocycles. The Bertz CT molecular complexity index is 378. The van der Waals surface area contributed by atoms with E-state index < -0.39 is 6.04 Å². The number of aromatic amines is 1. The highest BCUT2D eigenvalue weighted by molar-refractivity contribution is 5.94. The first kappa shape index (κ1) is 13.7. The first-order chi connectivity index (χ1) is 7.84. The molecule has 0 unspecified atom stereocenters. The summed E-state index contributed by atoms with van der Waals surface area (Å²) in [5.41, 5.74) is 6.62. The molecule has 17 heavy (non-hydrogen) atoms. The highest BCUT2D eigenvalue weighted by Gasteiger charge is 2.27. The van der Waals surface area contributed by atoms with Crippen LogP contribution in [-0.2, 0) is 11.2 Å². The molecule has 1 amide bonds. The molecule has 5 heteroatoms. The number of nitrogens with one attached hydrogen (secondary N) is 2. The summed E-state index contributed by atoms with van der Waals surface area (Å²) in [7, 11) is 0. The average Bonchev–Trinajstić information content (AvgIpc) is 2.63. The van der Waals surface area contributed by atoms with Gasteiger partial charge in [-0.05, 0) is 11.8 Å². The van der Waals surface area contributed by atoms with Crippen molar-refractivity contribution >= 4 is 11.7 Å². The fourth-order valence-electron chi connectivity index (χ4n) is 1.42. The Morgan fingerprint density at radius 1 is 1.59 bits per heavy atom. The highest BCUT2D eigenvalue weighted by Crippen LogP contribution is 2.18. The van der Waals surface area contributed by atoms with Crippen molar-refractivity contribution in [3.63, 3.8) is 0 Å². The van der Waals surface area contributed by atoms with Crippen molar-refractivity contribution in [3.8, 4) is 0 Å². The predicted octanol–water partition coefficient (Wildman–Crippen LogP) is 1.67. The van der Waals surface area contributed by atoms with Crippen LogP contribution < -0.4 is 11.1 Å². The Hall–Kier alpha value is -1.36. The summed E-state index contributed by atoms with van der Waals surface area (Å²) in [6, 6.07) is 1.30. The molecule has 0 spiro atoms. The minimum Gasteiger partial charge on any atom is -0.319 e. The van der Waals surface area contributed by atoms with E-state index in [1.165, 1.54) is 0 Å². The van der Waals surface area contributed by atoms with E-state index in [4.69, 9.17) is 5.73 Å². The van der Waals surface area contributed by atoms with Crippen LogP contribution in [0.5, 0.6) is 0 Å². The number of H-pyrrole nitrogens is 1. The first-order valence-electron chi connectivity index (χ1n) is 5.95. The quantitative estimate of drug-likeness (QED) is 0.746. The maximum absolute atomic E-state index is 11.8. The van der Waals surface area contributed by atoms with Gasteiger partial charge in [-0.15, -0.1) is 0 Å². The molecule has 1 rings (SSSR count). The van der Waals surface area contributed by atoms with Gasteiger partial charge in [0.1, 0.15) is 0 Å². The molecule has 0 saturated carbocycles. The van der Waals surface area contributed by atoms with E-state index in [9.17, 15) is 4.79 Å². The fraction of sp³-hybridized carbons (Fsp3) is 0.667. The topological polar surface area (TPSA) is 83.8 Å². The average molecular weight is 238 g/mol. The van der Waals surface area contributed by atoms with E-state index in [2.05, 4.69) is 22.4 Å². The lowest BCUT2D eigenvalue weighted by Crippen LogP contribution is -2.45. The summed E-state index contributed by atoms with van der Waals surface area (Å²) in [5, 5.41) is 9.63. The molecule has 0 saturated heterocycles. The maximum atomic E-state index is 11.8. The third-order valence-electron chi connectivity index (χ3n) is 2.62. The van der Waals surface area contributed by atoms with Crippen molar-refractivity contribution in [1.82, 2.24) is 10.2 Å². The van der Waals surface area contributed by atoms with Gasteiger partial charge < -0.3 is 11.1 Å². The minimum atomic E-state index is -0.547. The Morgan fingerprint density at radius 2 is 2.24 bits per heavy atom. The van der Waals surface area contributed by atoms with Crippen molar-refractivity contribution < 1.29 is 4.79 Å². The highest BCUT2D eigenvalue weighted by atomic mass is 16.2. The fourth-order valence-corrected chi connectivity index (χ4v) is 1.42. The zero-order valence-electron chi connectivity index (χ0n) is 11.0. The number of carbonyl (C=O) groups excluding carboxylic acids is 1. The summed E-state index contributed by atoms with van der Waals surface area (Å²) in [6.45, 7) is 7.90. The van der Waals surface area contributed by atoms with E-state index in [-0.39, 0.29) is 11.3 Å². The number of rotatable bonds is 4. The Kier molecular flexibility index (Phi) is 4.28. The Balaban J connectivity index is 2.61. The van der Waals surface area contributed by atoms with Crippen molar-refractivity contribution in [3.05, 3.63) is 11.8 Å². The standard InChI is InChI=1S/C12H22N4O/c1-5-6-8-7-9(16-15-8)14-11(17)10(13)12(2,3)4/h7,10H,5-6,13H2,1-4H3,(H2,14,15,16,17)/t10-/m0/s1. The number of aromatic nitrogens is 2. The maximum Gasteiger partial charge on any atom is 0.243 e. The van der Waals surface area contributed by atoms with Gasteiger partial charge in [0, 0.05) is 11.8 Å². The van der Waals surface area contributed by atoms with Crippen molar-refractivity contribution in [2.75, 3.05) is 5.32 Å². The zero-order valence-corrected chi connectivity index (χ0v) is 11.0. The monoisotopic (exact) mass is 238 g/mol. The van der Waals surface area contributed by atoms with Crippen molar-refractivity contribution in [2.24, 2.45) is 11.1 Å². The number of hydrogen-bond acceptors (Lipinski definition) is 3. The Labute approximate surface area is 102 Å². The number of carbonyl (C=O) groups is 1. The van der Waals surface area contributed by atoms with Gasteiger partial charge >= 0.3 is 0 Å². The molecular weight excluding hydrogens is 216 g/mol. The van der Waals surface area contributed by atoms with Crippen molar-refractivity contribution in [2.45, 2.75) is 46.6 Å². The van der Waals surface area contributed by atoms with Gasteiger partial charge in [-0.1, -0.05) is 34.1 Å². The molecule has 4 N–H and O–H groups in total. The van der Waals surface area contributed by atoms with E-state index >= 15 is 0 Å². The number of hydrogen-bond donors (Lipinski definition) is 3. The van der Waals surface area contributed by atoms with Gasteiger partial charge in [0.2, 0.25) is 5.91 Å². The second kappa shape index (κ2) is 5.31. The predicted molar refractivity (Wildman–Crippen MR) is 68.6 cm³/mol. The molecule has 1 heterocycles. The van der Waals surface area contributed by atoms with Crippen LogP contribution in [0, 0.1) is 5.41 Å². The van der Waals surface area contributed by atoms with E-state index in [1.54, 1.807) is 0 Å². The molecule has 0 aromatic carbocycles. The molecule has 0 radical (unpaired) electrons. The molecule has 1 atom stereocenters. The number of amides is 1. The normalized spacial score (nSPS) is 13.5. The van der Waals surface area contributed by atoms with Gasteiger partial charge in [-0.3, -0.25) is 9.89 Å². The van der Waals surface area contributed by atoms with Crippen LogP contribution in [0.3, 0.4) is 0 Å². The largest absolute Gasteiger partial charge is 0.319 e. The van der Waals surface area contributed by atoms with Gasteiger partial charge in [0.15, 0.2) is 5.82 Å². The molecule has 0 aliphatic rings. The lowest BCUT2D eigenvalue weighted by Gasteiger charge is -2.25. The van der Waals surface area contributed by atoms with Crippen LogP contribution in [-0.4, -0.2) is 22.1 Å². The summed E-state index contributed by atoms with van der Waals surface area (Å²) >= 11 is 0. The van der Waals surface area contributed by atoms with Gasteiger partial charge in [0.25, 0.3) is 0 Å². The number of anilines is 1. The molecular formula is C12H22N4O. The number of nitrogens with two attached hydrogens (primary N) is 1.